The summed E-state index contributed by atoms with van der Waals surface area (Å²) in [7, 11) is 1.35. The summed E-state index contributed by atoms with van der Waals surface area (Å²) in [4.78, 5) is 106. The Bertz CT molecular complexity index is 2660. The summed E-state index contributed by atoms with van der Waals surface area (Å²) in [5.74, 6) is -1.81. The van der Waals surface area contributed by atoms with Crippen molar-refractivity contribution < 1.29 is 96.8 Å². The Labute approximate surface area is 498 Å². The minimum Gasteiger partial charge on any atom is -0.466 e. The average molecular weight is 1220 g/mol. The fourth-order valence-corrected chi connectivity index (χ4v) is 9.09. The van der Waals surface area contributed by atoms with E-state index >= 15 is 0 Å². The van der Waals surface area contributed by atoms with Gasteiger partial charge in [0.05, 0.1) is 60.0 Å². The Hall–Kier alpha value is -7.25. The highest BCUT2D eigenvalue weighted by Crippen LogP contribution is 2.32. The Morgan fingerprint density at radius 1 is 0.814 bits per heavy atom. The number of nitrogens with zero attached hydrogens (tertiary/aromatic N) is 3. The van der Waals surface area contributed by atoms with Crippen molar-refractivity contribution in [2.45, 2.75) is 186 Å². The van der Waals surface area contributed by atoms with Gasteiger partial charge < -0.3 is 89.8 Å². The standard InChI is InChI=1S/C57H84N8O21/c1-32(63(11)54(76)86-57(8,9)10)42(68)50(79-28-27-66)83-44-39(61-46(70)41(67)23-25-59-52(74)84-55(2,3)4)29-40(62-53(75)85-56(5,6)7)45(43(44)69)82-49-38(58-24-14-26-64-47(71)36-15-12-13-16-37(36)48(64)72)22-21-35(81-49)30-60-51(73)80-31-33-17-19-34(20-18-33)65(77)78/h12-13,15-21,32,38-45,49-50,58,66-69H,14,22-31H2,1-11H3,(H,59,74)(H,60,73)(H,61,70)(H,62,75)/t32-,38+,39+,40-,41-,42+,43+,44-,45+,49+,50+/m0/s1. The molecule has 0 unspecified atom stereocenters. The van der Waals surface area contributed by atoms with E-state index in [-0.39, 0.29) is 81.0 Å². The van der Waals surface area contributed by atoms with Crippen LogP contribution in [0.5, 0.6) is 0 Å². The van der Waals surface area contributed by atoms with E-state index in [0.717, 1.165) is 9.80 Å². The lowest BCUT2D eigenvalue weighted by atomic mass is 9.83. The zero-order valence-corrected chi connectivity index (χ0v) is 50.4. The number of hydrogen-bond acceptors (Lipinski definition) is 22. The highest BCUT2D eigenvalue weighted by atomic mass is 16.7. The number of aliphatic hydroxyl groups is 4. The molecule has 11 atom stereocenters. The summed E-state index contributed by atoms with van der Waals surface area (Å²) in [5, 5.41) is 70.8. The van der Waals surface area contributed by atoms with Crippen LogP contribution in [0.4, 0.5) is 24.9 Å². The molecule has 1 saturated carbocycles. The molecule has 2 aromatic carbocycles. The summed E-state index contributed by atoms with van der Waals surface area (Å²) in [5.41, 5.74) is -2.00. The lowest BCUT2D eigenvalue weighted by Gasteiger charge is -2.48. The third-order valence-electron chi connectivity index (χ3n) is 13.4. The molecule has 29 heteroatoms. The number of nitrogens with one attached hydrogen (secondary N) is 5. The van der Waals surface area contributed by atoms with E-state index < -0.39 is 144 Å². The largest absolute Gasteiger partial charge is 0.466 e. The van der Waals surface area contributed by atoms with Crippen LogP contribution in [0.1, 0.15) is 121 Å². The molecule has 0 aromatic heterocycles. The fourth-order valence-electron chi connectivity index (χ4n) is 9.09. The number of nitro groups is 1. The van der Waals surface area contributed by atoms with Crippen molar-refractivity contribution in [3.8, 4) is 0 Å². The monoisotopic (exact) mass is 1220 g/mol. The second-order valence-electron chi connectivity index (χ2n) is 23.8. The number of imide groups is 1. The number of benzene rings is 2. The molecule has 0 radical (unpaired) electrons. The molecule has 1 fully saturated rings. The van der Waals surface area contributed by atoms with Crippen LogP contribution in [0.25, 0.3) is 0 Å². The smallest absolute Gasteiger partial charge is 0.410 e. The van der Waals surface area contributed by atoms with Crippen LogP contribution in [-0.2, 0) is 49.3 Å². The van der Waals surface area contributed by atoms with Crippen molar-refractivity contribution >= 4 is 47.8 Å². The van der Waals surface area contributed by atoms with E-state index in [1.165, 1.54) is 38.2 Å². The number of rotatable bonds is 26. The van der Waals surface area contributed by atoms with Gasteiger partial charge in [0.15, 0.2) is 6.29 Å². The second kappa shape index (κ2) is 30.9. The molecule has 2 aromatic rings. The number of hydrogen-bond donors (Lipinski definition) is 9. The number of non-ortho nitro benzene ring substituents is 1. The van der Waals surface area contributed by atoms with E-state index in [2.05, 4.69) is 26.6 Å². The molecule has 1 aliphatic carbocycles. The van der Waals surface area contributed by atoms with E-state index in [9.17, 15) is 64.1 Å². The van der Waals surface area contributed by atoms with Crippen LogP contribution in [0.15, 0.2) is 60.4 Å². The number of ether oxygens (including phenoxy) is 8. The highest BCUT2D eigenvalue weighted by molar-refractivity contribution is 6.21. The van der Waals surface area contributed by atoms with Gasteiger partial charge in [-0.15, -0.1) is 0 Å². The Kier molecular flexibility index (Phi) is 25.0. The number of carbonyl (C=O) groups is 7. The molecular weight excluding hydrogens is 1130 g/mol. The van der Waals surface area contributed by atoms with Crippen molar-refractivity contribution in [3.63, 3.8) is 0 Å². The first-order valence-corrected chi connectivity index (χ1v) is 28.2. The number of nitro benzene ring substituents is 1. The zero-order valence-electron chi connectivity index (χ0n) is 50.4. The van der Waals surface area contributed by atoms with Gasteiger partial charge in [-0.2, -0.15) is 0 Å². The van der Waals surface area contributed by atoms with Gasteiger partial charge in [-0.05, 0) is 137 Å². The third-order valence-corrected chi connectivity index (χ3v) is 13.4. The number of carbonyl (C=O) groups excluding carboxylic acids is 7. The van der Waals surface area contributed by atoms with Crippen LogP contribution in [0, 0.1) is 10.1 Å². The quantitative estimate of drug-likeness (QED) is 0.0163. The Morgan fingerprint density at radius 2 is 1.42 bits per heavy atom. The maximum Gasteiger partial charge on any atom is 0.410 e. The normalized spacial score (nSPS) is 21.9. The summed E-state index contributed by atoms with van der Waals surface area (Å²) in [6, 6.07) is 7.09. The molecule has 0 saturated heterocycles. The molecule has 2 heterocycles. The molecule has 5 rings (SSSR count). The van der Waals surface area contributed by atoms with Gasteiger partial charge in [-0.3, -0.25) is 29.4 Å². The number of alkyl carbamates (subject to hydrolysis) is 3. The van der Waals surface area contributed by atoms with Crippen LogP contribution < -0.4 is 26.6 Å². The minimum atomic E-state index is -1.98. The molecule has 478 valence electrons. The maximum absolute atomic E-state index is 14.0. The number of fused-ring (bicyclic) bond motifs is 1. The second-order valence-corrected chi connectivity index (χ2v) is 23.8. The van der Waals surface area contributed by atoms with Crippen LogP contribution in [-0.4, -0.2) is 208 Å². The molecule has 7 amide bonds. The van der Waals surface area contributed by atoms with E-state index in [0.29, 0.717) is 5.56 Å². The average Bonchev–Trinajstić information content (AvgIpc) is 1.38. The van der Waals surface area contributed by atoms with Gasteiger partial charge in [0.1, 0.15) is 59.7 Å². The van der Waals surface area contributed by atoms with Crippen molar-refractivity contribution in [2.75, 3.05) is 46.4 Å². The number of aliphatic hydroxyl groups excluding tert-OH is 4. The highest BCUT2D eigenvalue weighted by Gasteiger charge is 2.51. The first-order valence-electron chi connectivity index (χ1n) is 28.2. The Balaban J connectivity index is 1.49. The van der Waals surface area contributed by atoms with E-state index in [4.69, 9.17) is 37.9 Å². The van der Waals surface area contributed by atoms with Gasteiger partial charge in [0.2, 0.25) is 12.2 Å². The van der Waals surface area contributed by atoms with Crippen molar-refractivity contribution in [1.82, 2.24) is 36.4 Å². The number of likely N-dealkylation sites (N-methyl/N-ethyl adjacent to an activating group) is 1. The first kappa shape index (κ1) is 69.5. The van der Waals surface area contributed by atoms with Crippen LogP contribution in [0.3, 0.4) is 0 Å². The van der Waals surface area contributed by atoms with Crippen molar-refractivity contribution in [3.05, 3.63) is 87.2 Å². The maximum atomic E-state index is 14.0. The molecule has 2 aliphatic heterocycles. The Morgan fingerprint density at radius 3 is 2.01 bits per heavy atom. The molecule has 3 aliphatic rings. The fraction of sp³-hybridized carbons (Fsp3) is 0.632. The molecule has 29 nitrogen and oxygen atoms in total. The summed E-state index contributed by atoms with van der Waals surface area (Å²) >= 11 is 0. The van der Waals surface area contributed by atoms with Gasteiger partial charge in [-0.1, -0.05) is 12.1 Å². The van der Waals surface area contributed by atoms with Gasteiger partial charge in [0, 0.05) is 32.3 Å². The van der Waals surface area contributed by atoms with Crippen molar-refractivity contribution in [1.29, 1.82) is 0 Å². The lowest BCUT2D eigenvalue weighted by molar-refractivity contribution is -0.384. The molecular formula is C57H84N8O21. The minimum absolute atomic E-state index is 0.0211. The zero-order chi connectivity index (χ0) is 63.8. The van der Waals surface area contributed by atoms with Crippen molar-refractivity contribution in [2.24, 2.45) is 0 Å². The SMILES string of the molecule is C[C@@H]([C@@H](O)[C@H](OCCO)O[C@@H]1[C@@H](O)[C@H](O[C@H]2OC(CNC(=O)OCc3ccc([N+](=O)[O-])cc3)=CC[C@H]2NCCCN2C(=O)c3ccccc3C2=O)[C@@H](NC(=O)OC(C)(C)C)C[C@H]1NC(=O)[C@@H](O)CCNC(=O)OC(C)(C)C)N(C)C(=O)OC(C)(C)C. The van der Waals surface area contributed by atoms with Gasteiger partial charge in [0.25, 0.3) is 17.5 Å². The number of amides is 7. The molecule has 0 bridgehead atoms. The molecule has 9 N–H and O–H groups in total. The lowest BCUT2D eigenvalue weighted by Crippen LogP contribution is -2.68. The van der Waals surface area contributed by atoms with Crippen LogP contribution >= 0.6 is 0 Å². The summed E-state index contributed by atoms with van der Waals surface area (Å²) < 4.78 is 47.2. The first-order chi connectivity index (χ1) is 40.2. The van der Waals surface area contributed by atoms with E-state index in [1.807, 2.05) is 0 Å². The molecule has 0 spiro atoms. The predicted octanol–water partition coefficient (Wildman–Crippen LogP) is 3.24. The summed E-state index contributed by atoms with van der Waals surface area (Å²) in [6.07, 6.45) is -14.4. The van der Waals surface area contributed by atoms with E-state index in [1.54, 1.807) is 92.7 Å². The third kappa shape index (κ3) is 21.0. The predicted molar refractivity (Wildman–Crippen MR) is 304 cm³/mol. The van der Waals surface area contributed by atoms with Crippen LogP contribution in [0.2, 0.25) is 0 Å². The van der Waals surface area contributed by atoms with Gasteiger partial charge >= 0.3 is 24.4 Å². The topological polar surface area (TPSA) is 384 Å². The summed E-state index contributed by atoms with van der Waals surface area (Å²) in [6.45, 7) is 14.5. The van der Waals surface area contributed by atoms with Gasteiger partial charge in [-0.25, -0.2) is 19.2 Å². The molecule has 86 heavy (non-hydrogen) atoms.